The van der Waals surface area contributed by atoms with E-state index in [1.54, 1.807) is 18.9 Å². The van der Waals surface area contributed by atoms with Crippen LogP contribution in [-0.4, -0.2) is 43.8 Å². The zero-order valence-electron chi connectivity index (χ0n) is 9.05. The molecule has 3 nitrogen and oxygen atoms in total. The van der Waals surface area contributed by atoms with Crippen LogP contribution in [0.1, 0.15) is 13.8 Å². The van der Waals surface area contributed by atoms with Gasteiger partial charge in [-0.25, -0.2) is 9.18 Å². The van der Waals surface area contributed by atoms with Crippen molar-refractivity contribution in [3.8, 4) is 0 Å². The van der Waals surface area contributed by atoms with Crippen molar-refractivity contribution < 1.29 is 13.9 Å². The molecule has 0 aliphatic heterocycles. The second-order valence-corrected chi connectivity index (χ2v) is 3.30. The summed E-state index contributed by atoms with van der Waals surface area (Å²) in [6.07, 6.45) is -0.907. The van der Waals surface area contributed by atoms with Gasteiger partial charge < -0.3 is 4.74 Å². The highest BCUT2D eigenvalue weighted by Gasteiger charge is 2.11. The van der Waals surface area contributed by atoms with Gasteiger partial charge in [0.15, 0.2) is 0 Å². The Morgan fingerprint density at radius 2 is 2.21 bits per heavy atom. The van der Waals surface area contributed by atoms with Gasteiger partial charge in [0.25, 0.3) is 0 Å². The van der Waals surface area contributed by atoms with Crippen LogP contribution in [0.5, 0.6) is 0 Å². The van der Waals surface area contributed by atoms with Crippen molar-refractivity contribution in [1.82, 2.24) is 4.90 Å². The lowest BCUT2D eigenvalue weighted by Crippen LogP contribution is -2.29. The summed E-state index contributed by atoms with van der Waals surface area (Å²) in [5, 5.41) is 0. The second-order valence-electron chi connectivity index (χ2n) is 3.30. The lowest BCUT2D eigenvalue weighted by atomic mass is 10.3. The van der Waals surface area contributed by atoms with Crippen LogP contribution in [0.15, 0.2) is 12.2 Å². The van der Waals surface area contributed by atoms with E-state index < -0.39 is 12.1 Å². The minimum absolute atomic E-state index is 0.290. The summed E-state index contributed by atoms with van der Waals surface area (Å²) >= 11 is 0. The quantitative estimate of drug-likeness (QED) is 0.482. The number of likely N-dealkylation sites (N-methyl/N-ethyl adjacent to an activating group) is 1. The number of ether oxygens (including phenoxy) is 1. The maximum atomic E-state index is 12.6. The summed E-state index contributed by atoms with van der Waals surface area (Å²) in [5.41, 5.74) is 0.356. The molecule has 0 radical (unpaired) electrons. The molecule has 82 valence electrons. The number of hydrogen-bond donors (Lipinski definition) is 0. The molecule has 1 atom stereocenters. The number of carbonyl (C=O) groups excluding carboxylic acids is 1. The van der Waals surface area contributed by atoms with Gasteiger partial charge in [-0.3, -0.25) is 4.90 Å². The molecule has 0 saturated carbocycles. The SMILES string of the molecule is C=C(CN(C)CC(C)F)C(=O)OCC. The minimum atomic E-state index is -0.907. The standard InChI is InChI=1S/C10H18FNO2/c1-5-14-10(13)8(2)6-12(4)7-9(3)11/h9H,2,5-7H2,1,3-4H3. The molecule has 0 saturated heterocycles. The molecule has 0 aromatic rings. The average molecular weight is 203 g/mol. The number of carbonyl (C=O) groups is 1. The summed E-state index contributed by atoms with van der Waals surface area (Å²) in [4.78, 5) is 12.8. The van der Waals surface area contributed by atoms with Gasteiger partial charge in [0, 0.05) is 18.7 Å². The monoisotopic (exact) mass is 203 g/mol. The molecule has 1 unspecified atom stereocenters. The van der Waals surface area contributed by atoms with Crippen LogP contribution < -0.4 is 0 Å². The summed E-state index contributed by atoms with van der Waals surface area (Å²) in [6, 6.07) is 0. The Morgan fingerprint density at radius 3 is 2.64 bits per heavy atom. The van der Waals surface area contributed by atoms with E-state index in [9.17, 15) is 9.18 Å². The lowest BCUT2D eigenvalue weighted by molar-refractivity contribution is -0.138. The molecule has 14 heavy (non-hydrogen) atoms. The fraction of sp³-hybridized carbons (Fsp3) is 0.700. The van der Waals surface area contributed by atoms with Crippen molar-refractivity contribution in [1.29, 1.82) is 0 Å². The van der Waals surface area contributed by atoms with Crippen molar-refractivity contribution >= 4 is 5.97 Å². The van der Waals surface area contributed by atoms with Crippen LogP contribution in [0, 0.1) is 0 Å². The van der Waals surface area contributed by atoms with Crippen molar-refractivity contribution in [2.45, 2.75) is 20.0 Å². The second kappa shape index (κ2) is 6.54. The van der Waals surface area contributed by atoms with Gasteiger partial charge in [-0.15, -0.1) is 0 Å². The molecule has 0 aliphatic carbocycles. The summed E-state index contributed by atoms with van der Waals surface area (Å²) in [6.45, 7) is 7.76. The van der Waals surface area contributed by atoms with Gasteiger partial charge in [0.1, 0.15) is 6.17 Å². The van der Waals surface area contributed by atoms with Gasteiger partial charge in [-0.05, 0) is 20.9 Å². The first-order chi connectivity index (χ1) is 6.47. The summed E-state index contributed by atoms with van der Waals surface area (Å²) in [7, 11) is 1.74. The number of rotatable bonds is 6. The third kappa shape index (κ3) is 5.70. The molecule has 0 aliphatic rings. The molecule has 0 heterocycles. The maximum Gasteiger partial charge on any atom is 0.334 e. The van der Waals surface area contributed by atoms with Crippen LogP contribution in [-0.2, 0) is 9.53 Å². The van der Waals surface area contributed by atoms with Gasteiger partial charge in [-0.2, -0.15) is 0 Å². The smallest absolute Gasteiger partial charge is 0.334 e. The fourth-order valence-corrected chi connectivity index (χ4v) is 1.12. The molecular weight excluding hydrogens is 185 g/mol. The normalized spacial score (nSPS) is 12.6. The molecule has 0 aromatic heterocycles. The van der Waals surface area contributed by atoms with E-state index in [1.165, 1.54) is 6.92 Å². The highest BCUT2D eigenvalue weighted by atomic mass is 19.1. The van der Waals surface area contributed by atoms with Crippen molar-refractivity contribution in [2.75, 3.05) is 26.7 Å². The largest absolute Gasteiger partial charge is 0.463 e. The van der Waals surface area contributed by atoms with E-state index in [1.807, 2.05) is 0 Å². The molecule has 0 spiro atoms. The fourth-order valence-electron chi connectivity index (χ4n) is 1.12. The van der Waals surface area contributed by atoms with Crippen LogP contribution >= 0.6 is 0 Å². The number of hydrogen-bond acceptors (Lipinski definition) is 3. The first kappa shape index (κ1) is 13.1. The number of halogens is 1. The van der Waals surface area contributed by atoms with Crippen molar-refractivity contribution in [3.05, 3.63) is 12.2 Å². The van der Waals surface area contributed by atoms with E-state index >= 15 is 0 Å². The Labute approximate surface area is 84.5 Å². The first-order valence-corrected chi connectivity index (χ1v) is 4.64. The predicted molar refractivity (Wildman–Crippen MR) is 53.8 cm³/mol. The Bertz CT molecular complexity index is 204. The third-order valence-corrected chi connectivity index (χ3v) is 1.59. The Balaban J connectivity index is 3.87. The maximum absolute atomic E-state index is 12.6. The minimum Gasteiger partial charge on any atom is -0.463 e. The van der Waals surface area contributed by atoms with E-state index in [0.717, 1.165) is 0 Å². The molecule has 0 rings (SSSR count). The predicted octanol–water partition coefficient (Wildman–Crippen LogP) is 1.40. The number of esters is 1. The Morgan fingerprint density at radius 1 is 1.64 bits per heavy atom. The molecule has 0 amide bonds. The molecule has 4 heteroatoms. The van der Waals surface area contributed by atoms with Gasteiger partial charge in [-0.1, -0.05) is 6.58 Å². The van der Waals surface area contributed by atoms with Crippen LogP contribution in [0.2, 0.25) is 0 Å². The molecule has 0 bridgehead atoms. The highest BCUT2D eigenvalue weighted by molar-refractivity contribution is 5.88. The van der Waals surface area contributed by atoms with Crippen molar-refractivity contribution in [2.24, 2.45) is 0 Å². The molecular formula is C10H18FNO2. The number of alkyl halides is 1. The van der Waals surface area contributed by atoms with E-state index in [2.05, 4.69) is 6.58 Å². The molecule has 0 fully saturated rings. The average Bonchev–Trinajstić information content (AvgIpc) is 2.02. The lowest BCUT2D eigenvalue weighted by Gasteiger charge is -2.17. The summed E-state index contributed by atoms with van der Waals surface area (Å²) < 4.78 is 17.3. The molecule has 0 aromatic carbocycles. The van der Waals surface area contributed by atoms with Gasteiger partial charge >= 0.3 is 5.97 Å². The van der Waals surface area contributed by atoms with E-state index in [-0.39, 0.29) is 0 Å². The third-order valence-electron chi connectivity index (χ3n) is 1.59. The zero-order chi connectivity index (χ0) is 11.1. The van der Waals surface area contributed by atoms with Crippen LogP contribution in [0.25, 0.3) is 0 Å². The van der Waals surface area contributed by atoms with E-state index in [0.29, 0.717) is 25.3 Å². The van der Waals surface area contributed by atoms with E-state index in [4.69, 9.17) is 4.74 Å². The molecule has 0 N–H and O–H groups in total. The highest BCUT2D eigenvalue weighted by Crippen LogP contribution is 2.00. The summed E-state index contributed by atoms with van der Waals surface area (Å²) in [5.74, 6) is -0.411. The van der Waals surface area contributed by atoms with Crippen molar-refractivity contribution in [3.63, 3.8) is 0 Å². The Kier molecular flexibility index (Phi) is 6.12. The topological polar surface area (TPSA) is 29.5 Å². The van der Waals surface area contributed by atoms with Crippen LogP contribution in [0.4, 0.5) is 4.39 Å². The van der Waals surface area contributed by atoms with Gasteiger partial charge in [0.2, 0.25) is 0 Å². The first-order valence-electron chi connectivity index (χ1n) is 4.64. The van der Waals surface area contributed by atoms with Crippen LogP contribution in [0.3, 0.4) is 0 Å². The van der Waals surface area contributed by atoms with Gasteiger partial charge in [0.05, 0.1) is 6.61 Å². The number of nitrogens with zero attached hydrogens (tertiary/aromatic N) is 1. The Hall–Kier alpha value is -0.900. The zero-order valence-corrected chi connectivity index (χ0v) is 9.05.